The lowest BCUT2D eigenvalue weighted by Crippen LogP contribution is -2.33. The molecule has 0 fully saturated rings. The van der Waals surface area contributed by atoms with Gasteiger partial charge in [0.05, 0.1) is 5.38 Å². The molecule has 112 valence electrons. The Morgan fingerprint density at radius 1 is 1.20 bits per heavy atom. The van der Waals surface area contributed by atoms with E-state index in [-0.39, 0.29) is 0 Å². The van der Waals surface area contributed by atoms with Gasteiger partial charge in [0.1, 0.15) is 12.2 Å². The highest BCUT2D eigenvalue weighted by Gasteiger charge is 2.22. The Kier molecular flexibility index (Phi) is 12.5. The Hall–Kier alpha value is -0.930. The minimum Gasteiger partial charge on any atom is -0.388 e. The number of hydrogen-bond donors (Lipinski definition) is 2. The van der Waals surface area contributed by atoms with Crippen molar-refractivity contribution in [1.29, 1.82) is 0 Å². The van der Waals surface area contributed by atoms with Crippen molar-refractivity contribution >= 4 is 11.6 Å². The molecular formula is C17H25ClO2. The van der Waals surface area contributed by atoms with Crippen LogP contribution < -0.4 is 0 Å². The van der Waals surface area contributed by atoms with E-state index in [1.165, 1.54) is 0 Å². The van der Waals surface area contributed by atoms with E-state index in [2.05, 4.69) is 30.3 Å². The molecule has 0 aromatic rings. The molecule has 0 bridgehead atoms. The quantitative estimate of drug-likeness (QED) is 0.297. The molecule has 0 aromatic carbocycles. The first-order chi connectivity index (χ1) is 9.63. The highest BCUT2D eigenvalue weighted by Crippen LogP contribution is 2.16. The molecule has 3 atom stereocenters. The third kappa shape index (κ3) is 9.93. The number of rotatable bonds is 9. The van der Waals surface area contributed by atoms with Crippen molar-refractivity contribution in [3.63, 3.8) is 0 Å². The van der Waals surface area contributed by atoms with Gasteiger partial charge in [-0.15, -0.1) is 18.2 Å². The van der Waals surface area contributed by atoms with Crippen LogP contribution in [0.15, 0.2) is 12.7 Å². The van der Waals surface area contributed by atoms with E-state index in [0.717, 1.165) is 38.5 Å². The third-order valence-electron chi connectivity index (χ3n) is 2.83. The Bertz CT molecular complexity index is 370. The van der Waals surface area contributed by atoms with E-state index < -0.39 is 17.6 Å². The average molecular weight is 297 g/mol. The second-order valence-electron chi connectivity index (χ2n) is 4.70. The Morgan fingerprint density at radius 2 is 1.95 bits per heavy atom. The number of alkyl halides is 1. The van der Waals surface area contributed by atoms with Crippen LogP contribution >= 0.6 is 11.6 Å². The molecule has 0 saturated carbocycles. The van der Waals surface area contributed by atoms with Crippen LogP contribution in [0.25, 0.3) is 0 Å². The molecule has 0 aliphatic carbocycles. The van der Waals surface area contributed by atoms with Gasteiger partial charge in [0.2, 0.25) is 0 Å². The summed E-state index contributed by atoms with van der Waals surface area (Å²) >= 11 is 6.07. The number of halogens is 1. The summed E-state index contributed by atoms with van der Waals surface area (Å²) in [4.78, 5) is 0. The van der Waals surface area contributed by atoms with Gasteiger partial charge < -0.3 is 10.2 Å². The second kappa shape index (κ2) is 13.1. The summed E-state index contributed by atoms with van der Waals surface area (Å²) in [6.07, 6.45) is 6.22. The summed E-state index contributed by atoms with van der Waals surface area (Å²) in [5, 5.41) is 19.1. The van der Waals surface area contributed by atoms with Gasteiger partial charge >= 0.3 is 0 Å². The fourth-order valence-electron chi connectivity index (χ4n) is 1.60. The highest BCUT2D eigenvalue weighted by molar-refractivity contribution is 6.21. The molecular weight excluding hydrogens is 272 g/mol. The molecule has 0 amide bonds. The summed E-state index contributed by atoms with van der Waals surface area (Å²) in [7, 11) is 0. The van der Waals surface area contributed by atoms with Crippen molar-refractivity contribution in [3.05, 3.63) is 12.7 Å². The molecule has 0 heterocycles. The third-order valence-corrected chi connectivity index (χ3v) is 3.30. The molecule has 0 saturated heterocycles. The Balaban J connectivity index is 4.00. The molecule has 0 aromatic heterocycles. The second-order valence-corrected chi connectivity index (χ2v) is 5.26. The first-order valence-electron chi connectivity index (χ1n) is 7.23. The van der Waals surface area contributed by atoms with E-state index in [9.17, 15) is 10.2 Å². The van der Waals surface area contributed by atoms with Crippen molar-refractivity contribution in [2.75, 3.05) is 0 Å². The zero-order chi connectivity index (χ0) is 15.2. The van der Waals surface area contributed by atoms with Crippen LogP contribution in [0.4, 0.5) is 0 Å². The van der Waals surface area contributed by atoms with Crippen LogP contribution in [0, 0.1) is 23.7 Å². The number of aliphatic hydroxyl groups excluding tert-OH is 2. The molecule has 0 aliphatic heterocycles. The summed E-state index contributed by atoms with van der Waals surface area (Å²) in [5.74, 6) is 10.6. The van der Waals surface area contributed by atoms with Crippen molar-refractivity contribution in [2.45, 2.75) is 69.5 Å². The molecule has 0 unspecified atom stereocenters. The van der Waals surface area contributed by atoms with Gasteiger partial charge in [0, 0.05) is 6.42 Å². The summed E-state index contributed by atoms with van der Waals surface area (Å²) in [6.45, 7) is 5.70. The largest absolute Gasteiger partial charge is 0.388 e. The highest BCUT2D eigenvalue weighted by atomic mass is 35.5. The van der Waals surface area contributed by atoms with Gasteiger partial charge in [-0.25, -0.2) is 0 Å². The maximum absolute atomic E-state index is 9.84. The number of unbranched alkanes of at least 4 members (excludes halogenated alkanes) is 4. The Labute approximate surface area is 128 Å². The van der Waals surface area contributed by atoms with Crippen molar-refractivity contribution in [2.24, 2.45) is 0 Å². The molecule has 0 radical (unpaired) electrons. The number of aliphatic hydroxyl groups is 2. The lowest BCUT2D eigenvalue weighted by atomic mass is 10.0. The van der Waals surface area contributed by atoms with E-state index in [4.69, 9.17) is 11.6 Å². The van der Waals surface area contributed by atoms with Gasteiger partial charge in [-0.1, -0.05) is 37.7 Å². The summed E-state index contributed by atoms with van der Waals surface area (Å²) in [6, 6.07) is 0. The Morgan fingerprint density at radius 3 is 2.60 bits per heavy atom. The smallest absolute Gasteiger partial charge is 0.142 e. The normalized spacial score (nSPS) is 14.2. The lowest BCUT2D eigenvalue weighted by molar-refractivity contribution is 0.0497. The van der Waals surface area contributed by atoms with Crippen LogP contribution in [0.1, 0.15) is 51.9 Å². The molecule has 0 aliphatic rings. The summed E-state index contributed by atoms with van der Waals surface area (Å²) in [5.41, 5.74) is 0. The molecule has 20 heavy (non-hydrogen) atoms. The molecule has 0 spiro atoms. The molecule has 2 nitrogen and oxygen atoms in total. The fraction of sp³-hybridized carbons (Fsp3) is 0.647. The zero-order valence-corrected chi connectivity index (χ0v) is 13.0. The van der Waals surface area contributed by atoms with Crippen LogP contribution in [-0.2, 0) is 0 Å². The fourth-order valence-corrected chi connectivity index (χ4v) is 1.89. The summed E-state index contributed by atoms with van der Waals surface area (Å²) < 4.78 is 0. The minimum absolute atomic E-state index is 0.480. The standard InChI is InChI=1S/C17H25ClO2/c1-3-5-7-9-11-13-15(18)17(20)16(19)14-12-10-8-6-4-2/h3,15-17,19-20H,1,4-7,9,11,13H2,2H3/t15-,16-,17-/m1/s1. The topological polar surface area (TPSA) is 40.5 Å². The van der Waals surface area contributed by atoms with Gasteiger partial charge in [-0.2, -0.15) is 0 Å². The first-order valence-corrected chi connectivity index (χ1v) is 7.66. The van der Waals surface area contributed by atoms with Gasteiger partial charge in [-0.05, 0) is 37.5 Å². The molecule has 3 heteroatoms. The minimum atomic E-state index is -1.14. The van der Waals surface area contributed by atoms with E-state index in [1.807, 2.05) is 13.0 Å². The van der Waals surface area contributed by atoms with Gasteiger partial charge in [-0.3, -0.25) is 0 Å². The molecule has 2 N–H and O–H groups in total. The molecule has 0 rings (SSSR count). The zero-order valence-electron chi connectivity index (χ0n) is 12.2. The first kappa shape index (κ1) is 19.1. The van der Waals surface area contributed by atoms with Crippen molar-refractivity contribution < 1.29 is 10.2 Å². The predicted octanol–water partition coefficient (Wildman–Crippen LogP) is 3.26. The predicted molar refractivity (Wildman–Crippen MR) is 85.4 cm³/mol. The van der Waals surface area contributed by atoms with E-state index in [0.29, 0.717) is 6.42 Å². The number of allylic oxidation sites excluding steroid dienone is 1. The van der Waals surface area contributed by atoms with Crippen LogP contribution in [0.5, 0.6) is 0 Å². The number of hydrogen-bond acceptors (Lipinski definition) is 2. The van der Waals surface area contributed by atoms with E-state index >= 15 is 0 Å². The van der Waals surface area contributed by atoms with Crippen molar-refractivity contribution in [1.82, 2.24) is 0 Å². The van der Waals surface area contributed by atoms with Crippen molar-refractivity contribution in [3.8, 4) is 23.7 Å². The van der Waals surface area contributed by atoms with Crippen LogP contribution in [-0.4, -0.2) is 27.8 Å². The maximum Gasteiger partial charge on any atom is 0.142 e. The monoisotopic (exact) mass is 296 g/mol. The maximum atomic E-state index is 9.84. The van der Waals surface area contributed by atoms with Gasteiger partial charge in [0.15, 0.2) is 0 Å². The van der Waals surface area contributed by atoms with Crippen LogP contribution in [0.3, 0.4) is 0 Å². The van der Waals surface area contributed by atoms with E-state index in [1.54, 1.807) is 0 Å². The van der Waals surface area contributed by atoms with Gasteiger partial charge in [0.25, 0.3) is 0 Å². The SMILES string of the molecule is C=CCCCCC[C@@H](Cl)[C@@H](O)[C@H](O)C#CC#CCCC. The lowest BCUT2D eigenvalue weighted by Gasteiger charge is -2.18. The van der Waals surface area contributed by atoms with Crippen LogP contribution in [0.2, 0.25) is 0 Å². The average Bonchev–Trinajstić information content (AvgIpc) is 2.45.